The molecule has 0 fully saturated rings. The molecule has 0 aliphatic carbocycles. The van der Waals surface area contributed by atoms with Crippen molar-refractivity contribution in [3.63, 3.8) is 0 Å². The normalized spacial score (nSPS) is 11.6. The Morgan fingerprint density at radius 3 is 2.77 bits per heavy atom. The number of sulfonamides is 1. The maximum Gasteiger partial charge on any atom is 0.280 e. The molecule has 1 aromatic carbocycles. The van der Waals surface area contributed by atoms with Gasteiger partial charge >= 0.3 is 0 Å². The summed E-state index contributed by atoms with van der Waals surface area (Å²) in [6.07, 6.45) is 1.48. The first kappa shape index (κ1) is 20.5. The van der Waals surface area contributed by atoms with Gasteiger partial charge in [0.15, 0.2) is 11.3 Å². The van der Waals surface area contributed by atoms with Gasteiger partial charge in [-0.25, -0.2) is 23.1 Å². The Morgan fingerprint density at radius 2 is 2.03 bits per heavy atom. The van der Waals surface area contributed by atoms with Gasteiger partial charge < -0.3 is 14.2 Å². The van der Waals surface area contributed by atoms with Crippen LogP contribution in [0.2, 0.25) is 0 Å². The first-order valence-corrected chi connectivity index (χ1v) is 10.6. The van der Waals surface area contributed by atoms with Gasteiger partial charge in [0.25, 0.3) is 11.1 Å². The first-order valence-electron chi connectivity index (χ1n) is 9.16. The van der Waals surface area contributed by atoms with Crippen molar-refractivity contribution in [2.75, 3.05) is 6.61 Å². The Labute approximate surface area is 175 Å². The zero-order valence-electron chi connectivity index (χ0n) is 16.2. The number of nitrogens with zero attached hydrogens (tertiary/aromatic N) is 2. The fourth-order valence-corrected chi connectivity index (χ4v) is 3.92. The van der Waals surface area contributed by atoms with Gasteiger partial charge in [-0.2, -0.15) is 5.16 Å². The van der Waals surface area contributed by atoms with Crippen molar-refractivity contribution in [2.45, 2.75) is 18.4 Å². The summed E-state index contributed by atoms with van der Waals surface area (Å²) in [4.78, 5) is 34.5. The van der Waals surface area contributed by atoms with E-state index in [-0.39, 0.29) is 28.5 Å². The van der Waals surface area contributed by atoms with Crippen molar-refractivity contribution in [1.29, 1.82) is 0 Å². The zero-order chi connectivity index (χ0) is 22.0. The molecule has 3 aromatic heterocycles. The van der Waals surface area contributed by atoms with Crippen molar-refractivity contribution < 1.29 is 17.7 Å². The second-order valence-corrected chi connectivity index (χ2v) is 8.15. The fraction of sp³-hybridized carbons (Fsp3) is 0.158. The monoisotopic (exact) mass is 443 g/mol. The van der Waals surface area contributed by atoms with Crippen LogP contribution in [0, 0.1) is 0 Å². The van der Waals surface area contributed by atoms with Gasteiger partial charge in [0, 0.05) is 12.3 Å². The molecule has 0 saturated carbocycles. The second-order valence-electron chi connectivity index (χ2n) is 6.38. The summed E-state index contributed by atoms with van der Waals surface area (Å²) in [6.45, 7) is 1.88. The Hall–Kier alpha value is -3.77. The molecular formula is C19H17N5O6S. The van der Waals surface area contributed by atoms with Crippen LogP contribution in [0.5, 0.6) is 5.75 Å². The van der Waals surface area contributed by atoms with E-state index in [2.05, 4.69) is 24.8 Å². The van der Waals surface area contributed by atoms with E-state index >= 15 is 0 Å². The second kappa shape index (κ2) is 8.16. The van der Waals surface area contributed by atoms with E-state index < -0.39 is 21.1 Å². The number of hydrogen-bond acceptors (Lipinski definition) is 8. The molecule has 11 nitrogen and oxygen atoms in total. The molecule has 3 heterocycles. The summed E-state index contributed by atoms with van der Waals surface area (Å²) in [5.41, 5.74) is -0.115. The van der Waals surface area contributed by atoms with Crippen LogP contribution >= 0.6 is 0 Å². The summed E-state index contributed by atoms with van der Waals surface area (Å²) in [7, 11) is -3.98. The Bertz CT molecular complexity index is 1470. The maximum absolute atomic E-state index is 12.8. The molecule has 0 aliphatic rings. The molecule has 0 amide bonds. The molecule has 3 N–H and O–H groups in total. The van der Waals surface area contributed by atoms with Gasteiger partial charge in [-0.3, -0.25) is 9.59 Å². The molecule has 31 heavy (non-hydrogen) atoms. The number of H-pyrrole nitrogens is 2. The van der Waals surface area contributed by atoms with E-state index in [1.54, 1.807) is 19.1 Å². The summed E-state index contributed by atoms with van der Waals surface area (Å²) < 4.78 is 38.3. The maximum atomic E-state index is 12.8. The number of rotatable bonds is 7. The average molecular weight is 443 g/mol. The van der Waals surface area contributed by atoms with Crippen molar-refractivity contribution in [3.05, 3.63) is 69.1 Å². The SMILES string of the molecule is CCOc1ccc(S(=O)(=O)NCc2cc(=O)[nH]o2)cc1-c1nc2cccnc2c(=O)[nH]1. The number of fused-ring (bicyclic) bond motifs is 1. The van der Waals surface area contributed by atoms with Gasteiger partial charge in [0.05, 0.1) is 29.1 Å². The van der Waals surface area contributed by atoms with Gasteiger partial charge in [-0.1, -0.05) is 0 Å². The summed E-state index contributed by atoms with van der Waals surface area (Å²) in [6, 6.07) is 8.62. The van der Waals surface area contributed by atoms with Crippen LogP contribution in [0.4, 0.5) is 0 Å². The largest absolute Gasteiger partial charge is 0.493 e. The van der Waals surface area contributed by atoms with Crippen molar-refractivity contribution in [3.8, 4) is 17.1 Å². The Kier molecular flexibility index (Phi) is 5.40. The highest BCUT2D eigenvalue weighted by Crippen LogP contribution is 2.30. The first-order chi connectivity index (χ1) is 14.9. The van der Waals surface area contributed by atoms with Crippen LogP contribution in [-0.4, -0.2) is 35.1 Å². The number of aromatic nitrogens is 4. The zero-order valence-corrected chi connectivity index (χ0v) is 17.0. The smallest absolute Gasteiger partial charge is 0.280 e. The minimum atomic E-state index is -3.98. The molecule has 12 heteroatoms. The molecule has 4 rings (SSSR count). The van der Waals surface area contributed by atoms with Crippen LogP contribution < -0.4 is 20.6 Å². The molecule has 4 aromatic rings. The predicted molar refractivity (Wildman–Crippen MR) is 110 cm³/mol. The number of nitrogens with one attached hydrogen (secondary N) is 3. The minimum Gasteiger partial charge on any atom is -0.493 e. The lowest BCUT2D eigenvalue weighted by molar-refractivity contribution is 0.341. The third-order valence-electron chi connectivity index (χ3n) is 4.29. The van der Waals surface area contributed by atoms with E-state index in [4.69, 9.17) is 9.26 Å². The van der Waals surface area contributed by atoms with Gasteiger partial charge in [-0.15, -0.1) is 0 Å². The van der Waals surface area contributed by atoms with Crippen molar-refractivity contribution >= 4 is 21.1 Å². The van der Waals surface area contributed by atoms with Crippen molar-refractivity contribution in [2.24, 2.45) is 0 Å². The lowest BCUT2D eigenvalue weighted by Crippen LogP contribution is -2.23. The molecule has 0 saturated heterocycles. The van der Waals surface area contributed by atoms with E-state index in [0.717, 1.165) is 6.07 Å². The minimum absolute atomic E-state index is 0.0854. The lowest BCUT2D eigenvalue weighted by atomic mass is 10.2. The van der Waals surface area contributed by atoms with Crippen molar-refractivity contribution in [1.82, 2.24) is 24.8 Å². The molecular weight excluding hydrogens is 426 g/mol. The molecule has 0 unspecified atom stereocenters. The summed E-state index contributed by atoms with van der Waals surface area (Å²) in [5, 5.41) is 2.09. The van der Waals surface area contributed by atoms with E-state index in [1.165, 1.54) is 24.4 Å². The van der Waals surface area contributed by atoms with Crippen LogP contribution in [-0.2, 0) is 16.6 Å². The topological polar surface area (TPSA) is 160 Å². The number of pyridine rings is 1. The van der Waals surface area contributed by atoms with Crippen LogP contribution in [0.1, 0.15) is 12.7 Å². The third-order valence-corrected chi connectivity index (χ3v) is 5.69. The fourth-order valence-electron chi connectivity index (χ4n) is 2.90. The Balaban J connectivity index is 1.76. The van der Waals surface area contributed by atoms with Crippen LogP contribution in [0.25, 0.3) is 22.4 Å². The number of aromatic amines is 2. The molecule has 0 atom stereocenters. The van der Waals surface area contributed by atoms with Crippen LogP contribution in [0.3, 0.4) is 0 Å². The number of hydrogen-bond donors (Lipinski definition) is 3. The number of ether oxygens (including phenoxy) is 1. The third kappa shape index (κ3) is 4.25. The lowest BCUT2D eigenvalue weighted by Gasteiger charge is -2.13. The molecule has 0 bridgehead atoms. The van der Waals surface area contributed by atoms with Gasteiger partial charge in [0.1, 0.15) is 11.6 Å². The quantitative estimate of drug-likeness (QED) is 0.383. The van der Waals surface area contributed by atoms with Gasteiger partial charge in [0.2, 0.25) is 10.0 Å². The molecule has 0 radical (unpaired) electrons. The highest BCUT2D eigenvalue weighted by atomic mass is 32.2. The van der Waals surface area contributed by atoms with Crippen LogP contribution in [0.15, 0.2) is 61.6 Å². The van der Waals surface area contributed by atoms with E-state index in [1.807, 2.05) is 0 Å². The highest BCUT2D eigenvalue weighted by molar-refractivity contribution is 7.89. The van der Waals surface area contributed by atoms with E-state index in [0.29, 0.717) is 23.4 Å². The summed E-state index contributed by atoms with van der Waals surface area (Å²) >= 11 is 0. The molecule has 0 spiro atoms. The highest BCUT2D eigenvalue weighted by Gasteiger charge is 2.20. The van der Waals surface area contributed by atoms with Gasteiger partial charge in [-0.05, 0) is 37.3 Å². The Morgan fingerprint density at radius 1 is 1.19 bits per heavy atom. The predicted octanol–water partition coefficient (Wildman–Crippen LogP) is 1.14. The average Bonchev–Trinajstić information content (AvgIpc) is 3.18. The van der Waals surface area contributed by atoms with E-state index in [9.17, 15) is 18.0 Å². The molecule has 0 aliphatic heterocycles. The number of benzene rings is 1. The molecule has 160 valence electrons. The summed E-state index contributed by atoms with van der Waals surface area (Å²) in [5.74, 6) is 0.625. The standard InChI is InChI=1S/C19H17N5O6S/c1-2-29-15-6-5-12(31(27,28)21-10-11-8-16(25)24-30-11)9-13(15)18-22-14-4-3-7-20-17(14)19(26)23-18/h3-9,21H,2,10H2,1H3,(H,24,25)(H,22,23,26).